The Labute approximate surface area is 153 Å². The normalized spacial score (nSPS) is 11.6. The van der Waals surface area contributed by atoms with Crippen LogP contribution in [0.1, 0.15) is 25.3 Å². The number of carbonyl (C=O) groups is 2. The average molecular weight is 381 g/mol. The van der Waals surface area contributed by atoms with Gasteiger partial charge < -0.3 is 9.47 Å². The molecule has 1 amide bonds. The average Bonchev–Trinajstić information content (AvgIpc) is 2.57. The molecule has 0 aliphatic rings. The summed E-state index contributed by atoms with van der Waals surface area (Å²) in [7, 11) is -3.95. The number of hydrogen-bond acceptors (Lipinski definition) is 6. The molecule has 0 unspecified atom stereocenters. The van der Waals surface area contributed by atoms with Crippen molar-refractivity contribution >= 4 is 22.1 Å². The first-order valence-electron chi connectivity index (χ1n) is 8.09. The lowest BCUT2D eigenvalue weighted by molar-refractivity contribution is -0.137. The number of ether oxygens (including phenoxy) is 2. The smallest absolute Gasteiger partial charge is 0.421 e. The summed E-state index contributed by atoms with van der Waals surface area (Å²) in [4.78, 5) is 22.6. The molecule has 1 aromatic carbocycles. The highest BCUT2D eigenvalue weighted by atomic mass is 32.2. The highest BCUT2D eigenvalue weighted by Gasteiger charge is 2.17. The third-order valence-electron chi connectivity index (χ3n) is 3.07. The van der Waals surface area contributed by atoms with Crippen molar-refractivity contribution in [2.75, 3.05) is 13.2 Å². The Kier molecular flexibility index (Phi) is 9.14. The maximum absolute atomic E-state index is 12.0. The third kappa shape index (κ3) is 8.48. The van der Waals surface area contributed by atoms with Gasteiger partial charge in [-0.25, -0.2) is 22.7 Å². The Morgan fingerprint density at radius 1 is 1.04 bits per heavy atom. The van der Waals surface area contributed by atoms with Crippen LogP contribution in [0.2, 0.25) is 0 Å². The zero-order valence-electron chi connectivity index (χ0n) is 14.8. The fourth-order valence-electron chi connectivity index (χ4n) is 1.79. The third-order valence-corrected chi connectivity index (χ3v) is 4.39. The van der Waals surface area contributed by atoms with Gasteiger partial charge >= 0.3 is 12.1 Å². The van der Waals surface area contributed by atoms with Crippen LogP contribution in [0.5, 0.6) is 0 Å². The number of unbranched alkanes of at least 4 members (excludes halogenated alkanes) is 1. The van der Waals surface area contributed by atoms with E-state index in [4.69, 9.17) is 9.47 Å². The van der Waals surface area contributed by atoms with Crippen LogP contribution in [-0.4, -0.2) is 33.7 Å². The molecule has 0 saturated heterocycles. The molecule has 0 fully saturated rings. The molecule has 1 aromatic rings. The number of esters is 1. The monoisotopic (exact) mass is 381 g/mol. The molecule has 8 heteroatoms. The Morgan fingerprint density at radius 3 is 2.35 bits per heavy atom. The molecule has 7 nitrogen and oxygen atoms in total. The first-order valence-corrected chi connectivity index (χ1v) is 9.58. The van der Waals surface area contributed by atoms with Crippen molar-refractivity contribution in [3.63, 3.8) is 0 Å². The maximum Gasteiger partial charge on any atom is 0.421 e. The van der Waals surface area contributed by atoms with Gasteiger partial charge in [0.15, 0.2) is 0 Å². The van der Waals surface area contributed by atoms with Gasteiger partial charge in [0.05, 0.1) is 11.5 Å². The zero-order valence-corrected chi connectivity index (χ0v) is 15.6. The quantitative estimate of drug-likeness (QED) is 0.306. The van der Waals surface area contributed by atoms with Gasteiger partial charge in [0.1, 0.15) is 6.61 Å². The summed E-state index contributed by atoms with van der Waals surface area (Å²) in [6.07, 6.45) is 6.62. The van der Waals surface area contributed by atoms with E-state index >= 15 is 0 Å². The van der Waals surface area contributed by atoms with Crippen molar-refractivity contribution in [2.45, 2.75) is 31.6 Å². The first-order chi connectivity index (χ1) is 12.3. The van der Waals surface area contributed by atoms with Crippen molar-refractivity contribution in [3.8, 4) is 0 Å². The number of nitrogens with one attached hydrogen (secondary N) is 1. The molecule has 1 rings (SSSR count). The van der Waals surface area contributed by atoms with Gasteiger partial charge in [0, 0.05) is 6.08 Å². The van der Waals surface area contributed by atoms with E-state index in [-0.39, 0.29) is 17.5 Å². The van der Waals surface area contributed by atoms with Crippen LogP contribution in [0.25, 0.3) is 0 Å². The summed E-state index contributed by atoms with van der Waals surface area (Å²) in [5.41, 5.74) is 0.911. The van der Waals surface area contributed by atoms with E-state index in [1.165, 1.54) is 18.2 Å². The number of sulfonamides is 1. The lowest BCUT2D eigenvalue weighted by atomic mass is 10.2. The zero-order chi connectivity index (χ0) is 19.4. The van der Waals surface area contributed by atoms with Gasteiger partial charge in [-0.05, 0) is 38.8 Å². The molecule has 26 heavy (non-hydrogen) atoms. The van der Waals surface area contributed by atoms with Crippen molar-refractivity contribution in [1.29, 1.82) is 0 Å². The summed E-state index contributed by atoms with van der Waals surface area (Å²) in [6, 6.07) is 6.10. The molecule has 0 heterocycles. The van der Waals surface area contributed by atoms with Crippen LogP contribution in [0.15, 0.2) is 53.5 Å². The SMILES string of the molecule is CCOC(=O)/C=C/CC/C=C\COC(=O)NS(=O)(=O)c1ccc(C)cc1. The standard InChI is InChI=1S/C18H23NO6S/c1-3-24-17(20)9-7-5-4-6-8-14-25-18(21)19-26(22,23)16-12-10-15(2)11-13-16/h6-13H,3-5,14H2,1-2H3,(H,19,21)/b8-6-,9-7+. The number of aryl methyl sites for hydroxylation is 1. The molecule has 0 atom stereocenters. The number of hydrogen-bond donors (Lipinski definition) is 1. The Bertz CT molecular complexity index is 750. The second kappa shape index (κ2) is 11.1. The van der Waals surface area contributed by atoms with E-state index < -0.39 is 16.1 Å². The minimum atomic E-state index is -3.95. The molecular formula is C18H23NO6S. The maximum atomic E-state index is 12.0. The molecule has 0 aliphatic carbocycles. The van der Waals surface area contributed by atoms with Crippen LogP contribution in [0, 0.1) is 6.92 Å². The second-order valence-corrected chi connectivity index (χ2v) is 6.90. The number of benzene rings is 1. The molecule has 0 aromatic heterocycles. The van der Waals surface area contributed by atoms with Gasteiger partial charge in [-0.1, -0.05) is 35.9 Å². The van der Waals surface area contributed by atoms with Crippen LogP contribution >= 0.6 is 0 Å². The molecule has 0 aliphatic heterocycles. The van der Waals surface area contributed by atoms with Gasteiger partial charge in [-0.15, -0.1) is 0 Å². The number of carbonyl (C=O) groups excluding carboxylic acids is 2. The Morgan fingerprint density at radius 2 is 1.69 bits per heavy atom. The summed E-state index contributed by atoms with van der Waals surface area (Å²) < 4.78 is 35.3. The Hall–Kier alpha value is -2.61. The molecule has 0 spiro atoms. The fourth-order valence-corrected chi connectivity index (χ4v) is 2.68. The molecule has 0 saturated carbocycles. The van der Waals surface area contributed by atoms with Gasteiger partial charge in [-0.2, -0.15) is 0 Å². The minimum Gasteiger partial charge on any atom is -0.463 e. The fraction of sp³-hybridized carbons (Fsp3) is 0.333. The van der Waals surface area contributed by atoms with E-state index in [2.05, 4.69) is 0 Å². The topological polar surface area (TPSA) is 98.8 Å². The van der Waals surface area contributed by atoms with Crippen molar-refractivity contribution in [1.82, 2.24) is 4.72 Å². The molecule has 0 radical (unpaired) electrons. The van der Waals surface area contributed by atoms with Gasteiger partial charge in [0.25, 0.3) is 10.0 Å². The minimum absolute atomic E-state index is 0.0102. The lowest BCUT2D eigenvalue weighted by Crippen LogP contribution is -2.31. The van der Waals surface area contributed by atoms with Crippen LogP contribution in [0.4, 0.5) is 4.79 Å². The number of amides is 1. The summed E-state index contributed by atoms with van der Waals surface area (Å²) in [5, 5.41) is 0. The Balaban J connectivity index is 2.29. The molecule has 0 bridgehead atoms. The predicted molar refractivity (Wildman–Crippen MR) is 97.0 cm³/mol. The summed E-state index contributed by atoms with van der Waals surface area (Å²) >= 11 is 0. The molecule has 142 valence electrons. The highest BCUT2D eigenvalue weighted by Crippen LogP contribution is 2.09. The molecular weight excluding hydrogens is 358 g/mol. The summed E-state index contributed by atoms with van der Waals surface area (Å²) in [6.45, 7) is 3.84. The highest BCUT2D eigenvalue weighted by molar-refractivity contribution is 7.90. The first kappa shape index (κ1) is 21.4. The van der Waals surface area contributed by atoms with Gasteiger partial charge in [-0.3, -0.25) is 0 Å². The predicted octanol–water partition coefficient (Wildman–Crippen LogP) is 2.87. The number of allylic oxidation sites excluding steroid dienone is 2. The van der Waals surface area contributed by atoms with E-state index in [1.54, 1.807) is 37.3 Å². The van der Waals surface area contributed by atoms with Crippen LogP contribution < -0.4 is 4.72 Å². The number of rotatable bonds is 9. The van der Waals surface area contributed by atoms with Crippen LogP contribution in [0.3, 0.4) is 0 Å². The largest absolute Gasteiger partial charge is 0.463 e. The van der Waals surface area contributed by atoms with Crippen LogP contribution in [-0.2, 0) is 24.3 Å². The van der Waals surface area contributed by atoms with E-state index in [1.807, 2.05) is 11.6 Å². The van der Waals surface area contributed by atoms with Crippen molar-refractivity contribution < 1.29 is 27.5 Å². The summed E-state index contributed by atoms with van der Waals surface area (Å²) in [5.74, 6) is -0.383. The van der Waals surface area contributed by atoms with E-state index in [9.17, 15) is 18.0 Å². The van der Waals surface area contributed by atoms with Crippen molar-refractivity contribution in [3.05, 3.63) is 54.1 Å². The second-order valence-electron chi connectivity index (χ2n) is 5.22. The van der Waals surface area contributed by atoms with E-state index in [0.29, 0.717) is 19.4 Å². The lowest BCUT2D eigenvalue weighted by Gasteiger charge is -2.07. The molecule has 1 N–H and O–H groups in total. The van der Waals surface area contributed by atoms with Crippen molar-refractivity contribution in [2.24, 2.45) is 0 Å². The van der Waals surface area contributed by atoms with E-state index in [0.717, 1.165) is 5.56 Å². The van der Waals surface area contributed by atoms with Gasteiger partial charge in [0.2, 0.25) is 0 Å².